The normalized spacial score (nSPS) is 11.7. The van der Waals surface area contributed by atoms with Gasteiger partial charge in [0.1, 0.15) is 11.3 Å². The first-order valence-corrected chi connectivity index (χ1v) is 6.81. The molecule has 3 aromatic rings. The predicted molar refractivity (Wildman–Crippen MR) is 78.2 cm³/mol. The number of nitrogens with one attached hydrogen (secondary N) is 1. The molecule has 0 aliphatic rings. The quantitative estimate of drug-likeness (QED) is 0.798. The van der Waals surface area contributed by atoms with Crippen molar-refractivity contribution in [1.82, 2.24) is 14.6 Å². The fourth-order valence-electron chi connectivity index (χ4n) is 2.23. The minimum absolute atomic E-state index is 0.142. The molecule has 3 rings (SSSR count). The Morgan fingerprint density at radius 1 is 1.26 bits per heavy atom. The van der Waals surface area contributed by atoms with Crippen LogP contribution in [0.5, 0.6) is 5.75 Å². The number of alkyl halides is 3. The van der Waals surface area contributed by atoms with Crippen molar-refractivity contribution in [3.05, 3.63) is 54.0 Å². The Labute approximate surface area is 129 Å². The summed E-state index contributed by atoms with van der Waals surface area (Å²) in [6, 6.07) is 7.83. The highest BCUT2D eigenvalue weighted by molar-refractivity contribution is 5.67. The van der Waals surface area contributed by atoms with Crippen LogP contribution in [-0.2, 0) is 6.54 Å². The van der Waals surface area contributed by atoms with E-state index in [-0.39, 0.29) is 12.3 Å². The number of hydrogen-bond acceptors (Lipinski definition) is 4. The SMILES string of the molecule is Cc1cc2c(NCc3ccccc3OC(F)(F)F)nccn2n1. The molecule has 2 aromatic heterocycles. The van der Waals surface area contributed by atoms with E-state index in [9.17, 15) is 13.2 Å². The number of rotatable bonds is 4. The molecule has 0 atom stereocenters. The van der Waals surface area contributed by atoms with Crippen molar-refractivity contribution in [2.45, 2.75) is 19.8 Å². The van der Waals surface area contributed by atoms with Crippen LogP contribution in [0.4, 0.5) is 19.0 Å². The lowest BCUT2D eigenvalue weighted by atomic mass is 10.2. The molecule has 2 heterocycles. The predicted octanol–water partition coefficient (Wildman–Crippen LogP) is 3.55. The molecule has 0 radical (unpaired) electrons. The molecule has 0 aliphatic carbocycles. The Morgan fingerprint density at radius 2 is 2.04 bits per heavy atom. The minimum atomic E-state index is -4.73. The van der Waals surface area contributed by atoms with Gasteiger partial charge in [-0.1, -0.05) is 18.2 Å². The number of benzene rings is 1. The van der Waals surface area contributed by atoms with Gasteiger partial charge in [-0.15, -0.1) is 13.2 Å². The molecule has 120 valence electrons. The maximum atomic E-state index is 12.4. The second-order valence-electron chi connectivity index (χ2n) is 4.90. The first-order chi connectivity index (χ1) is 10.9. The number of fused-ring (bicyclic) bond motifs is 1. The van der Waals surface area contributed by atoms with Crippen LogP contribution < -0.4 is 10.1 Å². The Balaban J connectivity index is 1.83. The Bertz CT molecular complexity index is 829. The van der Waals surface area contributed by atoms with Crippen LogP contribution in [0.1, 0.15) is 11.3 Å². The fourth-order valence-corrected chi connectivity index (χ4v) is 2.23. The van der Waals surface area contributed by atoms with E-state index in [1.165, 1.54) is 12.1 Å². The third-order valence-corrected chi connectivity index (χ3v) is 3.16. The number of para-hydroxylation sites is 1. The van der Waals surface area contributed by atoms with Gasteiger partial charge in [0.05, 0.1) is 5.69 Å². The molecule has 0 saturated carbocycles. The first kappa shape index (κ1) is 15.1. The second kappa shape index (κ2) is 5.79. The van der Waals surface area contributed by atoms with Gasteiger partial charge in [-0.05, 0) is 19.1 Å². The van der Waals surface area contributed by atoms with Gasteiger partial charge in [0, 0.05) is 24.5 Å². The molecular weight excluding hydrogens is 309 g/mol. The maximum absolute atomic E-state index is 12.4. The summed E-state index contributed by atoms with van der Waals surface area (Å²) in [6.07, 6.45) is -1.45. The highest BCUT2D eigenvalue weighted by Crippen LogP contribution is 2.27. The van der Waals surface area contributed by atoms with E-state index in [1.54, 1.807) is 29.0 Å². The number of nitrogens with zero attached hydrogens (tertiary/aromatic N) is 3. The van der Waals surface area contributed by atoms with Crippen molar-refractivity contribution < 1.29 is 17.9 Å². The van der Waals surface area contributed by atoms with Crippen molar-refractivity contribution in [1.29, 1.82) is 0 Å². The summed E-state index contributed by atoms with van der Waals surface area (Å²) >= 11 is 0. The highest BCUT2D eigenvalue weighted by Gasteiger charge is 2.31. The zero-order valence-corrected chi connectivity index (χ0v) is 12.1. The summed E-state index contributed by atoms with van der Waals surface area (Å²) in [5.41, 5.74) is 1.95. The summed E-state index contributed by atoms with van der Waals surface area (Å²) in [6.45, 7) is 1.99. The van der Waals surface area contributed by atoms with Crippen LogP contribution in [0.2, 0.25) is 0 Å². The third-order valence-electron chi connectivity index (χ3n) is 3.16. The van der Waals surface area contributed by atoms with Crippen molar-refractivity contribution in [2.75, 3.05) is 5.32 Å². The molecule has 1 N–H and O–H groups in total. The largest absolute Gasteiger partial charge is 0.573 e. The van der Waals surface area contributed by atoms with Gasteiger partial charge in [-0.3, -0.25) is 0 Å². The van der Waals surface area contributed by atoms with Crippen LogP contribution in [0, 0.1) is 6.92 Å². The van der Waals surface area contributed by atoms with Crippen molar-refractivity contribution in [2.24, 2.45) is 0 Å². The molecule has 0 bridgehead atoms. The zero-order valence-electron chi connectivity index (χ0n) is 12.1. The number of halogens is 3. The summed E-state index contributed by atoms with van der Waals surface area (Å²) in [5, 5.41) is 7.28. The average Bonchev–Trinajstić information content (AvgIpc) is 2.85. The van der Waals surface area contributed by atoms with E-state index in [0.717, 1.165) is 11.2 Å². The molecule has 0 amide bonds. The van der Waals surface area contributed by atoms with E-state index in [2.05, 4.69) is 20.1 Å². The first-order valence-electron chi connectivity index (χ1n) is 6.81. The van der Waals surface area contributed by atoms with Crippen LogP contribution in [0.25, 0.3) is 5.52 Å². The molecule has 0 saturated heterocycles. The van der Waals surface area contributed by atoms with E-state index in [0.29, 0.717) is 11.4 Å². The molecule has 0 fully saturated rings. The molecule has 8 heteroatoms. The Morgan fingerprint density at radius 3 is 2.83 bits per heavy atom. The summed E-state index contributed by atoms with van der Waals surface area (Å²) < 4.78 is 43.0. The number of aromatic nitrogens is 3. The van der Waals surface area contributed by atoms with E-state index < -0.39 is 6.36 Å². The van der Waals surface area contributed by atoms with Crippen LogP contribution in [0.15, 0.2) is 42.7 Å². The van der Waals surface area contributed by atoms with E-state index in [1.807, 2.05) is 13.0 Å². The Kier molecular flexibility index (Phi) is 3.81. The van der Waals surface area contributed by atoms with Gasteiger partial charge in [0.15, 0.2) is 5.82 Å². The average molecular weight is 322 g/mol. The van der Waals surface area contributed by atoms with E-state index >= 15 is 0 Å². The monoisotopic (exact) mass is 322 g/mol. The number of hydrogen-bond donors (Lipinski definition) is 1. The van der Waals surface area contributed by atoms with E-state index in [4.69, 9.17) is 0 Å². The third kappa shape index (κ3) is 3.53. The van der Waals surface area contributed by atoms with Crippen molar-refractivity contribution in [3.8, 4) is 5.75 Å². The molecule has 23 heavy (non-hydrogen) atoms. The van der Waals surface area contributed by atoms with Crippen LogP contribution in [0.3, 0.4) is 0 Å². The molecule has 0 aliphatic heterocycles. The Hall–Kier alpha value is -2.77. The lowest BCUT2D eigenvalue weighted by Crippen LogP contribution is -2.18. The summed E-state index contributed by atoms with van der Waals surface area (Å²) in [5.74, 6) is 0.305. The highest BCUT2D eigenvalue weighted by atomic mass is 19.4. The van der Waals surface area contributed by atoms with Gasteiger partial charge in [0.25, 0.3) is 0 Å². The standard InChI is InChI=1S/C15H13F3N4O/c1-10-8-12-14(19-6-7-22(12)21-10)20-9-11-4-2-3-5-13(11)23-15(16,17)18/h2-8H,9H2,1H3,(H,19,20). The van der Waals surface area contributed by atoms with Crippen LogP contribution in [-0.4, -0.2) is 21.0 Å². The van der Waals surface area contributed by atoms with Gasteiger partial charge < -0.3 is 10.1 Å². The maximum Gasteiger partial charge on any atom is 0.573 e. The molecule has 0 unspecified atom stereocenters. The molecule has 5 nitrogen and oxygen atoms in total. The van der Waals surface area contributed by atoms with Crippen LogP contribution >= 0.6 is 0 Å². The molecular formula is C15H13F3N4O. The summed E-state index contributed by atoms with van der Waals surface area (Å²) in [7, 11) is 0. The number of anilines is 1. The lowest BCUT2D eigenvalue weighted by Gasteiger charge is -2.14. The minimum Gasteiger partial charge on any atom is -0.405 e. The molecule has 0 spiro atoms. The zero-order chi connectivity index (χ0) is 16.4. The van der Waals surface area contributed by atoms with Crippen molar-refractivity contribution >= 4 is 11.3 Å². The smallest absolute Gasteiger partial charge is 0.405 e. The fraction of sp³-hybridized carbons (Fsp3) is 0.200. The number of ether oxygens (including phenoxy) is 1. The van der Waals surface area contributed by atoms with Gasteiger partial charge in [-0.2, -0.15) is 5.10 Å². The number of aryl methyl sites for hydroxylation is 1. The van der Waals surface area contributed by atoms with Gasteiger partial charge in [0.2, 0.25) is 0 Å². The van der Waals surface area contributed by atoms with Crippen molar-refractivity contribution in [3.63, 3.8) is 0 Å². The van der Waals surface area contributed by atoms with Gasteiger partial charge >= 0.3 is 6.36 Å². The van der Waals surface area contributed by atoms with Gasteiger partial charge in [-0.25, -0.2) is 9.50 Å². The molecule has 1 aromatic carbocycles. The second-order valence-corrected chi connectivity index (χ2v) is 4.90. The summed E-state index contributed by atoms with van der Waals surface area (Å²) in [4.78, 5) is 4.20. The topological polar surface area (TPSA) is 51.5 Å². The lowest BCUT2D eigenvalue weighted by molar-refractivity contribution is -0.274.